The Hall–Kier alpha value is -1.39. The van der Waals surface area contributed by atoms with Crippen molar-refractivity contribution in [2.75, 3.05) is 0 Å². The van der Waals surface area contributed by atoms with Crippen molar-refractivity contribution in [1.82, 2.24) is 0 Å². The van der Waals surface area contributed by atoms with Gasteiger partial charge in [0.25, 0.3) is 10.1 Å². The summed E-state index contributed by atoms with van der Waals surface area (Å²) < 4.78 is 34.9. The van der Waals surface area contributed by atoms with Gasteiger partial charge in [-0.1, -0.05) is 199 Å². The fourth-order valence-electron chi connectivity index (χ4n) is 7.09. The predicted molar refractivity (Wildman–Crippen MR) is 202 cm³/mol. The standard InChI is InChI=1S/C42H72O3S/c1-3-5-7-9-11-13-15-17-19-21-23-25-27-29-32-38-34-31-35-39-36-40(42(37-41(38)39)46(43,44)45)33-30-28-26-24-22-20-18-16-14-12-10-8-6-4-2/h31,34-37H,3-30,32-33H2,1-2H3,(H,43,44,45). The number of aryl methyl sites for hydroxylation is 2. The van der Waals surface area contributed by atoms with Crippen LogP contribution in [-0.4, -0.2) is 13.0 Å². The SMILES string of the molecule is CCCCCCCCCCCCCCCCc1cc2cccc(CCCCCCCCCCCCCCCC)c2cc1S(=O)(=O)O. The summed E-state index contributed by atoms with van der Waals surface area (Å²) in [6, 6.07) is 10.1. The maximum absolute atomic E-state index is 12.4. The van der Waals surface area contributed by atoms with Crippen molar-refractivity contribution in [1.29, 1.82) is 0 Å². The number of hydrogen-bond donors (Lipinski definition) is 1. The van der Waals surface area contributed by atoms with Crippen molar-refractivity contribution < 1.29 is 13.0 Å². The second-order valence-electron chi connectivity index (χ2n) is 14.3. The molecule has 0 aliphatic heterocycles. The van der Waals surface area contributed by atoms with E-state index in [0.717, 1.165) is 42.0 Å². The van der Waals surface area contributed by atoms with Gasteiger partial charge in [0.05, 0.1) is 4.90 Å². The predicted octanol–water partition coefficient (Wildman–Crippen LogP) is 14.1. The number of benzene rings is 2. The molecule has 0 aliphatic rings. The second-order valence-corrected chi connectivity index (χ2v) is 15.7. The van der Waals surface area contributed by atoms with Crippen LogP contribution in [0.1, 0.15) is 205 Å². The summed E-state index contributed by atoms with van der Waals surface area (Å²) in [5, 5.41) is 2.07. The Morgan fingerprint density at radius 3 is 1.17 bits per heavy atom. The Morgan fingerprint density at radius 1 is 0.457 bits per heavy atom. The summed E-state index contributed by atoms with van der Waals surface area (Å²) >= 11 is 0. The third kappa shape index (κ3) is 18.8. The van der Waals surface area contributed by atoms with E-state index >= 15 is 0 Å². The van der Waals surface area contributed by atoms with Crippen molar-refractivity contribution in [3.8, 4) is 0 Å². The molecular weight excluding hydrogens is 585 g/mol. The molecule has 46 heavy (non-hydrogen) atoms. The minimum Gasteiger partial charge on any atom is -0.282 e. The summed E-state index contributed by atoms with van der Waals surface area (Å²) in [4.78, 5) is 0.114. The number of rotatable bonds is 31. The molecule has 0 radical (unpaired) electrons. The van der Waals surface area contributed by atoms with E-state index in [0.29, 0.717) is 6.42 Å². The maximum atomic E-state index is 12.4. The van der Waals surface area contributed by atoms with E-state index in [1.165, 1.54) is 166 Å². The zero-order valence-corrected chi connectivity index (χ0v) is 31.1. The molecule has 0 saturated heterocycles. The molecule has 3 nitrogen and oxygen atoms in total. The fourth-order valence-corrected chi connectivity index (χ4v) is 7.85. The normalized spacial score (nSPS) is 12.0. The van der Waals surface area contributed by atoms with Crippen LogP contribution < -0.4 is 0 Å². The minimum absolute atomic E-state index is 0.114. The van der Waals surface area contributed by atoms with E-state index in [1.807, 2.05) is 6.07 Å². The smallest absolute Gasteiger partial charge is 0.282 e. The van der Waals surface area contributed by atoms with Crippen LogP contribution in [-0.2, 0) is 23.0 Å². The molecule has 4 heteroatoms. The monoisotopic (exact) mass is 657 g/mol. The topological polar surface area (TPSA) is 54.4 Å². The average molecular weight is 657 g/mol. The largest absolute Gasteiger partial charge is 0.294 e. The molecule has 0 amide bonds. The molecule has 2 aromatic carbocycles. The van der Waals surface area contributed by atoms with Gasteiger partial charge >= 0.3 is 0 Å². The first-order chi connectivity index (χ1) is 22.5. The Labute approximate surface area is 285 Å². The Kier molecular flexibility index (Phi) is 23.5. The van der Waals surface area contributed by atoms with Gasteiger partial charge in [-0.15, -0.1) is 0 Å². The average Bonchev–Trinajstić information content (AvgIpc) is 3.04. The summed E-state index contributed by atoms with van der Waals surface area (Å²) in [5.74, 6) is 0. The van der Waals surface area contributed by atoms with E-state index in [-0.39, 0.29) is 4.90 Å². The zero-order chi connectivity index (χ0) is 33.1. The Bertz CT molecular complexity index is 1120. The lowest BCUT2D eigenvalue weighted by atomic mass is 9.96. The third-order valence-corrected chi connectivity index (χ3v) is 11.0. The Balaban J connectivity index is 1.67. The van der Waals surface area contributed by atoms with Gasteiger partial charge in [-0.3, -0.25) is 4.55 Å². The summed E-state index contributed by atoms with van der Waals surface area (Å²) in [6.45, 7) is 4.55. The highest BCUT2D eigenvalue weighted by atomic mass is 32.2. The molecule has 0 bridgehead atoms. The summed E-state index contributed by atoms with van der Waals surface area (Å²) in [5.41, 5.74) is 1.96. The molecule has 0 aliphatic carbocycles. The molecule has 0 heterocycles. The van der Waals surface area contributed by atoms with Crippen molar-refractivity contribution >= 4 is 20.9 Å². The molecule has 2 aromatic rings. The van der Waals surface area contributed by atoms with Crippen LogP contribution in [0.15, 0.2) is 35.2 Å². The van der Waals surface area contributed by atoms with Gasteiger partial charge in [0, 0.05) is 0 Å². The molecule has 2 rings (SSSR count). The van der Waals surface area contributed by atoms with Gasteiger partial charge in [-0.25, -0.2) is 0 Å². The van der Waals surface area contributed by atoms with Crippen LogP contribution in [0.3, 0.4) is 0 Å². The zero-order valence-electron chi connectivity index (χ0n) is 30.3. The number of fused-ring (bicyclic) bond motifs is 1. The fraction of sp³-hybridized carbons (Fsp3) is 0.762. The molecule has 0 unspecified atom stereocenters. The highest BCUT2D eigenvalue weighted by molar-refractivity contribution is 7.85. The van der Waals surface area contributed by atoms with Gasteiger partial charge in [0.1, 0.15) is 0 Å². The van der Waals surface area contributed by atoms with Gasteiger partial charge in [-0.2, -0.15) is 8.42 Å². The lowest BCUT2D eigenvalue weighted by Gasteiger charge is -2.13. The quantitative estimate of drug-likeness (QED) is 0.0649. The van der Waals surface area contributed by atoms with Crippen molar-refractivity contribution in [3.63, 3.8) is 0 Å². The van der Waals surface area contributed by atoms with Crippen LogP contribution in [0, 0.1) is 0 Å². The van der Waals surface area contributed by atoms with E-state index in [2.05, 4.69) is 32.0 Å². The maximum Gasteiger partial charge on any atom is 0.294 e. The van der Waals surface area contributed by atoms with E-state index in [1.54, 1.807) is 6.07 Å². The minimum atomic E-state index is -4.26. The van der Waals surface area contributed by atoms with Crippen LogP contribution in [0.25, 0.3) is 10.8 Å². The molecule has 0 fully saturated rings. The lowest BCUT2D eigenvalue weighted by molar-refractivity contribution is 0.481. The van der Waals surface area contributed by atoms with E-state index in [4.69, 9.17) is 0 Å². The second kappa shape index (κ2) is 26.6. The highest BCUT2D eigenvalue weighted by Crippen LogP contribution is 2.29. The first-order valence-corrected chi connectivity index (χ1v) is 21.4. The summed E-state index contributed by atoms with van der Waals surface area (Å²) in [7, 11) is -4.26. The molecule has 1 N–H and O–H groups in total. The van der Waals surface area contributed by atoms with E-state index < -0.39 is 10.1 Å². The van der Waals surface area contributed by atoms with Crippen molar-refractivity contribution in [2.45, 2.75) is 211 Å². The highest BCUT2D eigenvalue weighted by Gasteiger charge is 2.17. The Morgan fingerprint density at radius 2 is 0.804 bits per heavy atom. The van der Waals surface area contributed by atoms with Crippen LogP contribution >= 0.6 is 0 Å². The molecule has 0 atom stereocenters. The van der Waals surface area contributed by atoms with Gasteiger partial charge in [-0.05, 0) is 59.7 Å². The molecular formula is C42H72O3S. The molecule has 0 aromatic heterocycles. The van der Waals surface area contributed by atoms with E-state index in [9.17, 15) is 13.0 Å². The number of unbranched alkanes of at least 4 members (excludes halogenated alkanes) is 26. The lowest BCUT2D eigenvalue weighted by Crippen LogP contribution is -2.04. The molecule has 0 spiro atoms. The molecule has 264 valence electrons. The van der Waals surface area contributed by atoms with Gasteiger partial charge in [0.15, 0.2) is 0 Å². The van der Waals surface area contributed by atoms with Gasteiger partial charge < -0.3 is 0 Å². The van der Waals surface area contributed by atoms with Crippen LogP contribution in [0.2, 0.25) is 0 Å². The third-order valence-electron chi connectivity index (χ3n) is 10.0. The van der Waals surface area contributed by atoms with Crippen molar-refractivity contribution in [3.05, 3.63) is 41.5 Å². The first-order valence-electron chi connectivity index (χ1n) is 20.0. The van der Waals surface area contributed by atoms with Crippen molar-refractivity contribution in [2.24, 2.45) is 0 Å². The van der Waals surface area contributed by atoms with Crippen LogP contribution in [0.5, 0.6) is 0 Å². The van der Waals surface area contributed by atoms with Crippen LogP contribution in [0.4, 0.5) is 0 Å². The number of hydrogen-bond acceptors (Lipinski definition) is 2. The summed E-state index contributed by atoms with van der Waals surface area (Å²) in [6.07, 6.45) is 38.8. The first kappa shape index (κ1) is 40.8. The molecule has 0 saturated carbocycles. The van der Waals surface area contributed by atoms with Gasteiger partial charge in [0.2, 0.25) is 0 Å².